The highest BCUT2D eigenvalue weighted by Gasteiger charge is 2.17. The molecule has 4 N–H and O–H groups in total. The van der Waals surface area contributed by atoms with E-state index in [-0.39, 0.29) is 0 Å². The number of benzene rings is 4. The van der Waals surface area contributed by atoms with Crippen molar-refractivity contribution >= 4 is 39.3 Å². The van der Waals surface area contributed by atoms with E-state index in [4.69, 9.17) is 25.7 Å². The number of amides is 1. The summed E-state index contributed by atoms with van der Waals surface area (Å²) < 4.78 is 0. The molecular formula is C52H38N12O. The minimum atomic E-state index is -0.551. The summed E-state index contributed by atoms with van der Waals surface area (Å²) >= 11 is 0. The predicted molar refractivity (Wildman–Crippen MR) is 253 cm³/mol. The molecule has 0 unspecified atom stereocenters. The first-order valence-corrected chi connectivity index (χ1v) is 20.6. The number of nitrogens with one attached hydrogen (secondary N) is 2. The van der Waals surface area contributed by atoms with Gasteiger partial charge in [0.2, 0.25) is 5.91 Å². The van der Waals surface area contributed by atoms with Gasteiger partial charge >= 0.3 is 0 Å². The Bertz CT molecular complexity index is 3310. The number of hydrogen-bond donors (Lipinski definition) is 3. The summed E-state index contributed by atoms with van der Waals surface area (Å²) in [4.78, 5) is 48.0. The molecule has 0 fully saturated rings. The standard InChI is InChI=1S/C26H20N6O.C26H18N6/c27-24(33)18-13-19(15-28-14-18)25-31-22-11-6-10-21(17-7-2-1-3-8-17)23(22)26(32-25)30-16-20-9-4-5-12-29-20;27-14-18-13-20(16-28-15-18)25-31-23-11-6-10-22(19-7-2-1-3-8-19)24(23)26(32-25)30-17-21-9-4-5-12-29-21/h1-15H,16H2,(H2,27,33)(H,30,31,32);1-13,15-16H,17H2,(H,30,31,32). The van der Waals surface area contributed by atoms with Crippen LogP contribution < -0.4 is 16.4 Å². The third-order valence-electron chi connectivity index (χ3n) is 10.3. The van der Waals surface area contributed by atoms with Gasteiger partial charge in [0.05, 0.1) is 57.4 Å². The maximum absolute atomic E-state index is 11.6. The number of fused-ring (bicyclic) bond motifs is 2. The van der Waals surface area contributed by atoms with Gasteiger partial charge in [-0.15, -0.1) is 0 Å². The highest BCUT2D eigenvalue weighted by molar-refractivity contribution is 6.04. The molecule has 0 spiro atoms. The fraction of sp³-hybridized carbons (Fsp3) is 0.0385. The van der Waals surface area contributed by atoms with Crippen LogP contribution in [0.4, 0.5) is 11.6 Å². The Balaban J connectivity index is 0.000000164. The zero-order valence-electron chi connectivity index (χ0n) is 34.7. The monoisotopic (exact) mass is 846 g/mol. The zero-order chi connectivity index (χ0) is 44.4. The van der Waals surface area contributed by atoms with Crippen molar-refractivity contribution in [2.24, 2.45) is 5.73 Å². The van der Waals surface area contributed by atoms with Crippen LogP contribution in [-0.2, 0) is 13.1 Å². The van der Waals surface area contributed by atoms with Gasteiger partial charge in [-0.2, -0.15) is 5.26 Å². The van der Waals surface area contributed by atoms with Crippen LogP contribution in [0.3, 0.4) is 0 Å². The van der Waals surface area contributed by atoms with Gasteiger partial charge in [0.25, 0.3) is 0 Å². The second-order valence-electron chi connectivity index (χ2n) is 14.7. The molecule has 0 aliphatic rings. The maximum atomic E-state index is 11.6. The number of pyridine rings is 4. The lowest BCUT2D eigenvalue weighted by atomic mass is 10.0. The van der Waals surface area contributed by atoms with Crippen molar-refractivity contribution in [1.29, 1.82) is 5.26 Å². The van der Waals surface area contributed by atoms with E-state index in [0.717, 1.165) is 55.4 Å². The fourth-order valence-electron chi connectivity index (χ4n) is 7.27. The molecule has 13 nitrogen and oxygen atoms in total. The molecule has 0 atom stereocenters. The molecule has 6 heterocycles. The summed E-state index contributed by atoms with van der Waals surface area (Å²) in [5.74, 6) is 1.79. The van der Waals surface area contributed by atoms with E-state index in [1.807, 2.05) is 97.1 Å². The second-order valence-corrected chi connectivity index (χ2v) is 14.7. The molecule has 6 aromatic heterocycles. The number of nitriles is 1. The number of hydrogen-bond acceptors (Lipinski definition) is 12. The Morgan fingerprint density at radius 2 is 1.02 bits per heavy atom. The summed E-state index contributed by atoms with van der Waals surface area (Å²) in [6.45, 7) is 1.01. The molecule has 0 saturated heterocycles. The first-order valence-electron chi connectivity index (χ1n) is 20.6. The summed E-state index contributed by atoms with van der Waals surface area (Å²) in [6.07, 6.45) is 9.79. The van der Waals surface area contributed by atoms with Crippen LogP contribution in [0.5, 0.6) is 0 Å². The maximum Gasteiger partial charge on any atom is 0.250 e. The molecule has 0 bridgehead atoms. The van der Waals surface area contributed by atoms with Crippen LogP contribution in [0.15, 0.2) is 183 Å². The van der Waals surface area contributed by atoms with Gasteiger partial charge in [-0.1, -0.05) is 97.1 Å². The lowest BCUT2D eigenvalue weighted by molar-refractivity contribution is 0.1000. The number of carbonyl (C=O) groups excluding carboxylic acids is 1. The average molecular weight is 847 g/mol. The molecule has 0 aliphatic heterocycles. The lowest BCUT2D eigenvalue weighted by Crippen LogP contribution is -2.11. The number of nitrogens with zero attached hydrogens (tertiary/aromatic N) is 9. The summed E-state index contributed by atoms with van der Waals surface area (Å²) in [5.41, 5.74) is 15.1. The van der Waals surface area contributed by atoms with Crippen LogP contribution in [0.2, 0.25) is 0 Å². The number of anilines is 2. The highest BCUT2D eigenvalue weighted by Crippen LogP contribution is 2.36. The molecule has 65 heavy (non-hydrogen) atoms. The zero-order valence-corrected chi connectivity index (χ0v) is 34.7. The van der Waals surface area contributed by atoms with Gasteiger partial charge in [0.1, 0.15) is 17.7 Å². The van der Waals surface area contributed by atoms with Crippen molar-refractivity contribution < 1.29 is 4.79 Å². The number of aromatic nitrogens is 8. The minimum absolute atomic E-state index is 0.303. The molecule has 0 aliphatic carbocycles. The third-order valence-corrected chi connectivity index (χ3v) is 10.3. The fourth-order valence-corrected chi connectivity index (χ4v) is 7.27. The van der Waals surface area contributed by atoms with Crippen LogP contribution in [0.1, 0.15) is 27.3 Å². The summed E-state index contributed by atoms with van der Waals surface area (Å²) in [6, 6.07) is 49.5. The topological polar surface area (TPSA) is 194 Å². The Kier molecular flexibility index (Phi) is 12.1. The van der Waals surface area contributed by atoms with E-state index in [1.54, 1.807) is 36.9 Å². The molecule has 0 saturated carbocycles. The molecule has 0 radical (unpaired) electrons. The third kappa shape index (κ3) is 9.47. The highest BCUT2D eigenvalue weighted by atomic mass is 16.1. The van der Waals surface area contributed by atoms with Crippen LogP contribution in [0.25, 0.3) is 66.8 Å². The Labute approximate surface area is 373 Å². The molecule has 1 amide bonds. The largest absolute Gasteiger partial charge is 0.366 e. The SMILES string of the molecule is N#Cc1cncc(-c2nc(NCc3ccccn3)c3c(-c4ccccc4)cccc3n2)c1.NC(=O)c1cncc(-c2nc(NCc3ccccn3)c3c(-c4ccccc4)cccc3n2)c1. The van der Waals surface area contributed by atoms with Crippen LogP contribution >= 0.6 is 0 Å². The molecule has 4 aromatic carbocycles. The van der Waals surface area contributed by atoms with E-state index >= 15 is 0 Å². The Hall–Kier alpha value is -9.28. The van der Waals surface area contributed by atoms with Crippen molar-refractivity contribution in [2.45, 2.75) is 13.1 Å². The molecule has 13 heteroatoms. The lowest BCUT2D eigenvalue weighted by Gasteiger charge is -2.14. The van der Waals surface area contributed by atoms with Gasteiger partial charge in [-0.3, -0.25) is 24.7 Å². The van der Waals surface area contributed by atoms with E-state index in [0.29, 0.717) is 58.6 Å². The van der Waals surface area contributed by atoms with Gasteiger partial charge < -0.3 is 16.4 Å². The van der Waals surface area contributed by atoms with E-state index in [2.05, 4.69) is 73.0 Å². The van der Waals surface area contributed by atoms with Crippen molar-refractivity contribution in [1.82, 2.24) is 39.9 Å². The first-order chi connectivity index (χ1) is 32.0. The van der Waals surface area contributed by atoms with E-state index in [9.17, 15) is 10.1 Å². The van der Waals surface area contributed by atoms with E-state index < -0.39 is 5.91 Å². The van der Waals surface area contributed by atoms with Crippen LogP contribution in [0, 0.1) is 11.3 Å². The second kappa shape index (κ2) is 19.2. The quantitative estimate of drug-likeness (QED) is 0.112. The Morgan fingerprint density at radius 1 is 0.523 bits per heavy atom. The summed E-state index contributed by atoms with van der Waals surface area (Å²) in [5, 5.41) is 18.0. The van der Waals surface area contributed by atoms with Crippen molar-refractivity contribution in [3.63, 3.8) is 0 Å². The first kappa shape index (κ1) is 41.1. The molecule has 10 aromatic rings. The minimum Gasteiger partial charge on any atom is -0.366 e. The molecular weight excluding hydrogens is 809 g/mol. The molecule has 312 valence electrons. The predicted octanol–water partition coefficient (Wildman–Crippen LogP) is 9.70. The average Bonchev–Trinajstić information content (AvgIpc) is 3.38. The number of nitrogens with two attached hydrogens (primary N) is 1. The molecule has 10 rings (SSSR count). The van der Waals surface area contributed by atoms with Gasteiger partial charge in [0, 0.05) is 48.3 Å². The van der Waals surface area contributed by atoms with Gasteiger partial charge in [-0.25, -0.2) is 19.9 Å². The Morgan fingerprint density at radius 3 is 1.49 bits per heavy atom. The normalized spacial score (nSPS) is 10.7. The smallest absolute Gasteiger partial charge is 0.250 e. The summed E-state index contributed by atoms with van der Waals surface area (Å²) in [7, 11) is 0. The number of rotatable bonds is 11. The number of carbonyl (C=O) groups is 1. The van der Waals surface area contributed by atoms with Crippen molar-refractivity contribution in [3.05, 3.63) is 205 Å². The number of primary amides is 1. The van der Waals surface area contributed by atoms with Crippen molar-refractivity contribution in [3.8, 4) is 51.1 Å². The van der Waals surface area contributed by atoms with Crippen molar-refractivity contribution in [2.75, 3.05) is 10.6 Å². The van der Waals surface area contributed by atoms with Crippen LogP contribution in [-0.4, -0.2) is 45.8 Å². The van der Waals surface area contributed by atoms with Gasteiger partial charge in [-0.05, 0) is 70.8 Å². The van der Waals surface area contributed by atoms with E-state index in [1.165, 1.54) is 12.4 Å². The van der Waals surface area contributed by atoms with Gasteiger partial charge in [0.15, 0.2) is 11.6 Å².